The minimum atomic E-state index is -0.359. The number of benzene rings is 4. The normalized spacial score (nSPS) is 11.5. The van der Waals surface area contributed by atoms with Crippen LogP contribution in [0.1, 0.15) is 16.4 Å². The van der Waals surface area contributed by atoms with Gasteiger partial charge in [0.25, 0.3) is 5.56 Å². The molecule has 2 heterocycles. The summed E-state index contributed by atoms with van der Waals surface area (Å²) >= 11 is 1.51. The van der Waals surface area contributed by atoms with E-state index >= 15 is 0 Å². The molecule has 0 radical (unpaired) electrons. The molecule has 6 rings (SSSR count). The van der Waals surface area contributed by atoms with Crippen LogP contribution in [0.2, 0.25) is 0 Å². The Balaban J connectivity index is 1.61. The third-order valence-electron chi connectivity index (χ3n) is 6.01. The summed E-state index contributed by atoms with van der Waals surface area (Å²) in [6.45, 7) is 0. The van der Waals surface area contributed by atoms with Gasteiger partial charge in [0.2, 0.25) is 0 Å². The molecule has 0 fully saturated rings. The van der Waals surface area contributed by atoms with Crippen molar-refractivity contribution in [1.82, 2.24) is 14.5 Å². The Hall–Kier alpha value is -4.16. The summed E-state index contributed by atoms with van der Waals surface area (Å²) < 4.78 is 15.3. The summed E-state index contributed by atoms with van der Waals surface area (Å²) in [7, 11) is 0. The van der Waals surface area contributed by atoms with E-state index in [-0.39, 0.29) is 16.6 Å². The van der Waals surface area contributed by atoms with Crippen molar-refractivity contribution in [2.75, 3.05) is 0 Å². The molecule has 0 bridgehead atoms. The molecule has 6 aromatic rings. The third-order valence-corrected chi connectivity index (χ3v) is 7.27. The van der Waals surface area contributed by atoms with Crippen molar-refractivity contribution >= 4 is 33.7 Å². The Morgan fingerprint density at radius 3 is 2.03 bits per heavy atom. The van der Waals surface area contributed by atoms with Crippen molar-refractivity contribution in [2.45, 2.75) is 10.4 Å². The average Bonchev–Trinajstić information content (AvgIpc) is 3.28. The van der Waals surface area contributed by atoms with E-state index in [0.29, 0.717) is 21.9 Å². The fourth-order valence-electron chi connectivity index (χ4n) is 4.33. The standard InChI is InChI=1S/C29H20FN3OS/c30-21-15-17-22(18-16-21)33-28(34)26-25(23-13-7-8-14-24(23)31-26)32-29(33)35-27(19-9-3-1-4-10-19)20-11-5-2-6-12-20/h1-18,27,31H. The number of hydrogen-bond acceptors (Lipinski definition) is 3. The number of nitrogens with zero attached hydrogens (tertiary/aromatic N) is 2. The molecule has 2 aromatic heterocycles. The number of H-pyrrole nitrogens is 1. The topological polar surface area (TPSA) is 50.7 Å². The van der Waals surface area contributed by atoms with Crippen molar-refractivity contribution < 1.29 is 4.39 Å². The lowest BCUT2D eigenvalue weighted by Crippen LogP contribution is -2.22. The van der Waals surface area contributed by atoms with Crippen LogP contribution in [-0.4, -0.2) is 14.5 Å². The predicted octanol–water partition coefficient (Wildman–Crippen LogP) is 6.89. The van der Waals surface area contributed by atoms with Crippen LogP contribution in [0.5, 0.6) is 0 Å². The zero-order valence-corrected chi connectivity index (χ0v) is 19.4. The summed E-state index contributed by atoms with van der Waals surface area (Å²) in [5, 5.41) is 1.33. The van der Waals surface area contributed by atoms with E-state index in [0.717, 1.165) is 22.0 Å². The first-order valence-electron chi connectivity index (χ1n) is 11.2. The average molecular weight is 478 g/mol. The predicted molar refractivity (Wildman–Crippen MR) is 140 cm³/mol. The van der Waals surface area contributed by atoms with Gasteiger partial charge in [-0.15, -0.1) is 0 Å². The number of nitrogens with one attached hydrogen (secondary N) is 1. The second kappa shape index (κ2) is 8.89. The smallest absolute Gasteiger partial charge is 0.283 e. The second-order valence-electron chi connectivity index (χ2n) is 8.22. The van der Waals surface area contributed by atoms with Gasteiger partial charge in [-0.05, 0) is 41.5 Å². The van der Waals surface area contributed by atoms with Gasteiger partial charge in [0.15, 0.2) is 5.16 Å². The van der Waals surface area contributed by atoms with Crippen LogP contribution >= 0.6 is 11.8 Å². The first kappa shape index (κ1) is 21.4. The number of hydrogen-bond donors (Lipinski definition) is 1. The van der Waals surface area contributed by atoms with Crippen LogP contribution in [-0.2, 0) is 0 Å². The summed E-state index contributed by atoms with van der Waals surface area (Å²) in [4.78, 5) is 22.1. The fraction of sp³-hybridized carbons (Fsp3) is 0.0345. The number of aromatic nitrogens is 3. The SMILES string of the molecule is O=c1c2[nH]c3ccccc3c2nc(SC(c2ccccc2)c2ccccc2)n1-c1ccc(F)cc1. The van der Waals surface area contributed by atoms with Gasteiger partial charge in [-0.2, -0.15) is 0 Å². The maximum atomic E-state index is 13.8. The highest BCUT2D eigenvalue weighted by Crippen LogP contribution is 2.40. The summed E-state index contributed by atoms with van der Waals surface area (Å²) in [6.07, 6.45) is 0. The lowest BCUT2D eigenvalue weighted by atomic mass is 10.0. The Labute approximate surface area is 205 Å². The highest BCUT2D eigenvalue weighted by molar-refractivity contribution is 7.99. The lowest BCUT2D eigenvalue weighted by molar-refractivity contribution is 0.627. The van der Waals surface area contributed by atoms with Gasteiger partial charge in [0.1, 0.15) is 16.9 Å². The molecule has 0 amide bonds. The van der Waals surface area contributed by atoms with E-state index in [2.05, 4.69) is 29.2 Å². The highest BCUT2D eigenvalue weighted by Gasteiger charge is 2.22. The van der Waals surface area contributed by atoms with E-state index in [4.69, 9.17) is 4.98 Å². The van der Waals surface area contributed by atoms with Crippen LogP contribution in [0.4, 0.5) is 4.39 Å². The van der Waals surface area contributed by atoms with E-state index in [9.17, 15) is 9.18 Å². The Bertz CT molecular complexity index is 1650. The minimum Gasteiger partial charge on any atom is -0.349 e. The van der Waals surface area contributed by atoms with Crippen molar-refractivity contribution in [3.8, 4) is 5.69 Å². The number of halogens is 1. The van der Waals surface area contributed by atoms with Gasteiger partial charge in [-0.1, -0.05) is 90.6 Å². The molecule has 1 N–H and O–H groups in total. The van der Waals surface area contributed by atoms with Gasteiger partial charge in [-0.25, -0.2) is 9.37 Å². The highest BCUT2D eigenvalue weighted by atomic mass is 32.2. The van der Waals surface area contributed by atoms with Crippen molar-refractivity contribution in [1.29, 1.82) is 0 Å². The van der Waals surface area contributed by atoms with Gasteiger partial charge in [-0.3, -0.25) is 9.36 Å². The third kappa shape index (κ3) is 3.92. The molecule has 4 aromatic carbocycles. The molecule has 0 aliphatic heterocycles. The maximum absolute atomic E-state index is 13.8. The number of fused-ring (bicyclic) bond motifs is 3. The van der Waals surface area contributed by atoms with Crippen LogP contribution in [0, 0.1) is 5.82 Å². The summed E-state index contributed by atoms with van der Waals surface area (Å²) in [6, 6.07) is 34.0. The molecule has 0 saturated carbocycles. The van der Waals surface area contributed by atoms with Crippen molar-refractivity contribution in [3.05, 3.63) is 136 Å². The van der Waals surface area contributed by atoms with Crippen molar-refractivity contribution in [2.24, 2.45) is 0 Å². The number of rotatable bonds is 5. The lowest BCUT2D eigenvalue weighted by Gasteiger charge is -2.20. The Kier molecular flexibility index (Phi) is 5.43. The first-order chi connectivity index (χ1) is 17.2. The Morgan fingerprint density at radius 2 is 1.37 bits per heavy atom. The van der Waals surface area contributed by atoms with Crippen LogP contribution in [0.25, 0.3) is 27.6 Å². The maximum Gasteiger partial charge on any atom is 0.283 e. The fourth-order valence-corrected chi connectivity index (χ4v) is 5.56. The largest absolute Gasteiger partial charge is 0.349 e. The van der Waals surface area contributed by atoms with Gasteiger partial charge >= 0.3 is 0 Å². The molecule has 35 heavy (non-hydrogen) atoms. The molecule has 0 spiro atoms. The molecule has 0 unspecified atom stereocenters. The molecule has 6 heteroatoms. The summed E-state index contributed by atoms with van der Waals surface area (Å²) in [5.41, 5.74) is 4.45. The molecular weight excluding hydrogens is 457 g/mol. The molecule has 0 aliphatic carbocycles. The van der Waals surface area contributed by atoms with E-state index < -0.39 is 0 Å². The molecule has 170 valence electrons. The van der Waals surface area contributed by atoms with E-state index in [1.54, 1.807) is 16.7 Å². The van der Waals surface area contributed by atoms with Crippen LogP contribution in [0.3, 0.4) is 0 Å². The number of para-hydroxylation sites is 1. The Morgan fingerprint density at radius 1 is 0.771 bits per heavy atom. The zero-order chi connectivity index (χ0) is 23.8. The van der Waals surface area contributed by atoms with Gasteiger partial charge in [0, 0.05) is 10.9 Å². The van der Waals surface area contributed by atoms with Gasteiger partial charge in [0.05, 0.1) is 10.9 Å². The van der Waals surface area contributed by atoms with E-state index in [1.807, 2.05) is 60.7 Å². The quantitative estimate of drug-likeness (QED) is 0.217. The second-order valence-corrected chi connectivity index (χ2v) is 9.30. The molecule has 4 nitrogen and oxygen atoms in total. The molecule has 0 atom stereocenters. The van der Waals surface area contributed by atoms with Crippen LogP contribution in [0.15, 0.2) is 119 Å². The molecule has 0 aliphatic rings. The minimum absolute atomic E-state index is 0.0985. The van der Waals surface area contributed by atoms with Gasteiger partial charge < -0.3 is 4.98 Å². The van der Waals surface area contributed by atoms with Crippen molar-refractivity contribution in [3.63, 3.8) is 0 Å². The zero-order valence-electron chi connectivity index (χ0n) is 18.6. The molecule has 0 saturated heterocycles. The van der Waals surface area contributed by atoms with Crippen LogP contribution < -0.4 is 5.56 Å². The first-order valence-corrected chi connectivity index (χ1v) is 12.1. The monoisotopic (exact) mass is 477 g/mol. The number of thioether (sulfide) groups is 1. The van der Waals surface area contributed by atoms with E-state index in [1.165, 1.54) is 23.9 Å². The summed E-state index contributed by atoms with van der Waals surface area (Å²) in [5.74, 6) is -0.359. The number of aromatic amines is 1. The molecular formula is C29H20FN3OS.